The van der Waals surface area contributed by atoms with Crippen LogP contribution in [0.3, 0.4) is 0 Å². The molecular formula is C45H52N5O14P. The van der Waals surface area contributed by atoms with Crippen molar-refractivity contribution in [2.75, 3.05) is 53.7 Å². The van der Waals surface area contributed by atoms with Crippen LogP contribution in [0.1, 0.15) is 53.1 Å². The molecule has 0 radical (unpaired) electrons. The number of nitrogens with zero attached hydrogens (tertiary/aromatic N) is 3. The van der Waals surface area contributed by atoms with Crippen LogP contribution in [-0.4, -0.2) is 107 Å². The van der Waals surface area contributed by atoms with Crippen LogP contribution in [0.4, 0.5) is 0 Å². The maximum atomic E-state index is 15.4. The second kappa shape index (κ2) is 19.6. The van der Waals surface area contributed by atoms with Gasteiger partial charge >= 0.3 is 19.1 Å². The molecular weight excluding hydrogens is 865 g/mol. The zero-order valence-electron chi connectivity index (χ0n) is 36.3. The summed E-state index contributed by atoms with van der Waals surface area (Å²) in [7, 11) is -1.18. The Bertz CT molecular complexity index is 2670. The summed E-state index contributed by atoms with van der Waals surface area (Å²) in [6.07, 6.45) is -3.51. The van der Waals surface area contributed by atoms with Crippen molar-refractivity contribution < 1.29 is 47.1 Å². The molecule has 3 N–H and O–H groups in total. The lowest BCUT2D eigenvalue weighted by molar-refractivity contribution is -0.0952. The van der Waals surface area contributed by atoms with Crippen molar-refractivity contribution in [3.8, 4) is 11.5 Å². The first-order valence-electron chi connectivity index (χ1n) is 21.2. The molecule has 3 fully saturated rings. The fourth-order valence-corrected chi connectivity index (χ4v) is 10.3. The van der Waals surface area contributed by atoms with Crippen LogP contribution in [0, 0.1) is 13.8 Å². The highest BCUT2D eigenvalue weighted by Crippen LogP contribution is 2.56. The number of rotatable bonds is 16. The maximum Gasteiger partial charge on any atom is 0.408 e. The predicted octanol–water partition coefficient (Wildman–Crippen LogP) is 3.51. The van der Waals surface area contributed by atoms with Gasteiger partial charge in [-0.05, 0) is 54.8 Å². The Hall–Kier alpha value is -5.47. The molecule has 5 heterocycles. The molecule has 3 aromatic carbocycles. The Kier molecular flexibility index (Phi) is 13.9. The fourth-order valence-electron chi connectivity index (χ4n) is 8.37. The van der Waals surface area contributed by atoms with Crippen molar-refractivity contribution in [1.82, 2.24) is 23.8 Å². The molecule has 0 aliphatic carbocycles. The fraction of sp³-hybridized carbons (Fsp3) is 0.422. The summed E-state index contributed by atoms with van der Waals surface area (Å²) in [6, 6.07) is 24.6. The molecule has 0 spiro atoms. The number of aryl methyl sites for hydroxylation is 2. The van der Waals surface area contributed by atoms with Crippen LogP contribution >= 0.6 is 7.75 Å². The summed E-state index contributed by atoms with van der Waals surface area (Å²) >= 11 is 0. The van der Waals surface area contributed by atoms with E-state index in [4.69, 9.17) is 37.5 Å². The van der Waals surface area contributed by atoms with E-state index < -0.39 is 79.3 Å². The summed E-state index contributed by atoms with van der Waals surface area (Å²) < 4.78 is 68.7. The number of methoxy groups -OCH3 is 2. The zero-order chi connectivity index (χ0) is 45.9. The van der Waals surface area contributed by atoms with E-state index in [9.17, 15) is 24.3 Å². The van der Waals surface area contributed by atoms with Crippen molar-refractivity contribution in [3.63, 3.8) is 0 Å². The van der Waals surface area contributed by atoms with Crippen molar-refractivity contribution >= 4 is 7.75 Å². The van der Waals surface area contributed by atoms with Gasteiger partial charge < -0.3 is 33.5 Å². The normalized spacial score (nSPS) is 23.6. The zero-order valence-corrected chi connectivity index (χ0v) is 37.2. The topological polar surface area (TPSA) is 224 Å². The van der Waals surface area contributed by atoms with Crippen LogP contribution in [0.2, 0.25) is 0 Å². The van der Waals surface area contributed by atoms with Gasteiger partial charge in [-0.2, -0.15) is 0 Å². The highest BCUT2D eigenvalue weighted by atomic mass is 31.2. The standard InChI is InChI=1S/C45H52N5O14P/c1-28-24-49(43(54)46-41(28)52)39-22-35(51)37(62-39)27-61-65(56,48-18-20-59-21-19-48)64-36-23-40(50-25-29(2)42(53)47-44(50)55)63-38(36)26-60-45(30-8-6-5-7-9-30,31-10-14-33(57-3)15-11-31)32-12-16-34(58-4)17-13-32/h5-17,24-25,35-40,51H,18-23,26-27H2,1-4H3,(H,46,52,54)(H,47,53,55)/t35-,36-,37+,38+,39+,40+,65?/m0/s1. The van der Waals surface area contributed by atoms with E-state index in [-0.39, 0.29) is 56.9 Å². The lowest BCUT2D eigenvalue weighted by atomic mass is 9.80. The summed E-state index contributed by atoms with van der Waals surface area (Å²) in [5, 5.41) is 11.1. The SMILES string of the molecule is COc1ccc(C(OC[C@H]2O[C@@H](n3cc(C)c(=O)[nH]c3=O)C[C@@H]2OP(=O)(OC[C@H]2O[C@@H](n3cc(C)c(=O)[nH]c3=O)C[C@@H]2O)N2CCOCC2)(c2ccccc2)c2ccc(OC)cc2)cc1. The van der Waals surface area contributed by atoms with Gasteiger partial charge in [0.1, 0.15) is 47.9 Å². The molecule has 7 atom stereocenters. The Morgan fingerprint density at radius 1 is 0.708 bits per heavy atom. The lowest BCUT2D eigenvalue weighted by Crippen LogP contribution is -2.40. The quantitative estimate of drug-likeness (QED) is 0.0952. The van der Waals surface area contributed by atoms with Crippen molar-refractivity contribution in [3.05, 3.63) is 161 Å². The summed E-state index contributed by atoms with van der Waals surface area (Å²) in [5.74, 6) is 1.26. The molecule has 8 rings (SSSR count). The second-order valence-electron chi connectivity index (χ2n) is 16.0. The minimum absolute atomic E-state index is 0.0153. The Balaban J connectivity index is 1.15. The lowest BCUT2D eigenvalue weighted by Gasteiger charge is -2.38. The first-order chi connectivity index (χ1) is 31.3. The van der Waals surface area contributed by atoms with E-state index in [2.05, 4.69) is 9.97 Å². The van der Waals surface area contributed by atoms with E-state index in [0.29, 0.717) is 11.5 Å². The van der Waals surface area contributed by atoms with Crippen LogP contribution in [-0.2, 0) is 38.2 Å². The number of H-pyrrole nitrogens is 2. The van der Waals surface area contributed by atoms with Gasteiger partial charge in [-0.15, -0.1) is 0 Å². The summed E-state index contributed by atoms with van der Waals surface area (Å²) in [5.41, 5.74) is -1.02. The number of morpholine rings is 1. The minimum Gasteiger partial charge on any atom is -0.497 e. The van der Waals surface area contributed by atoms with Crippen LogP contribution < -0.4 is 32.0 Å². The molecule has 5 aromatic rings. The average Bonchev–Trinajstić information content (AvgIpc) is 3.90. The molecule has 3 aliphatic heterocycles. The van der Waals surface area contributed by atoms with Gasteiger partial charge in [-0.25, -0.2) is 18.8 Å². The second-order valence-corrected chi connectivity index (χ2v) is 18.0. The number of aromatic nitrogens is 4. The van der Waals surface area contributed by atoms with E-state index in [1.807, 2.05) is 78.9 Å². The number of aromatic amines is 2. The van der Waals surface area contributed by atoms with Crippen molar-refractivity contribution in [2.24, 2.45) is 0 Å². The van der Waals surface area contributed by atoms with E-state index in [1.165, 1.54) is 26.2 Å². The first-order valence-corrected chi connectivity index (χ1v) is 22.7. The highest BCUT2D eigenvalue weighted by Gasteiger charge is 2.48. The molecule has 19 nitrogen and oxygen atoms in total. The third kappa shape index (κ3) is 9.61. The molecule has 0 amide bonds. The van der Waals surface area contributed by atoms with Crippen molar-refractivity contribution in [2.45, 2.75) is 69.2 Å². The average molecular weight is 918 g/mol. The van der Waals surface area contributed by atoms with E-state index >= 15 is 4.57 Å². The van der Waals surface area contributed by atoms with Crippen LogP contribution in [0.5, 0.6) is 11.5 Å². The number of aliphatic hydroxyl groups is 1. The minimum atomic E-state index is -4.34. The van der Waals surface area contributed by atoms with Gasteiger partial charge in [-0.3, -0.25) is 37.7 Å². The third-order valence-corrected chi connectivity index (χ3v) is 14.0. The molecule has 65 heavy (non-hydrogen) atoms. The number of hydrogen-bond acceptors (Lipinski definition) is 14. The summed E-state index contributed by atoms with van der Waals surface area (Å²) in [6.45, 7) is 3.30. The molecule has 0 bridgehead atoms. The number of aliphatic hydroxyl groups excluding tert-OH is 1. The highest BCUT2D eigenvalue weighted by molar-refractivity contribution is 7.51. The van der Waals surface area contributed by atoms with Crippen LogP contribution in [0.15, 0.2) is 110 Å². The molecule has 2 aromatic heterocycles. The van der Waals surface area contributed by atoms with Gasteiger partial charge in [0.15, 0.2) is 0 Å². The van der Waals surface area contributed by atoms with Gasteiger partial charge in [0, 0.05) is 49.5 Å². The first kappa shape index (κ1) is 46.1. The predicted molar refractivity (Wildman–Crippen MR) is 234 cm³/mol. The summed E-state index contributed by atoms with van der Waals surface area (Å²) in [4.78, 5) is 55.1. The maximum absolute atomic E-state index is 15.4. The molecule has 0 saturated carbocycles. The van der Waals surface area contributed by atoms with E-state index in [1.54, 1.807) is 28.1 Å². The monoisotopic (exact) mass is 917 g/mol. The number of nitrogens with one attached hydrogen (secondary N) is 2. The number of benzene rings is 3. The number of hydrogen-bond donors (Lipinski definition) is 3. The smallest absolute Gasteiger partial charge is 0.408 e. The van der Waals surface area contributed by atoms with Crippen molar-refractivity contribution in [1.29, 1.82) is 0 Å². The molecule has 1 unspecified atom stereocenters. The Labute approximate surface area is 373 Å². The Morgan fingerprint density at radius 3 is 1.75 bits per heavy atom. The van der Waals surface area contributed by atoms with Gasteiger partial charge in [0.25, 0.3) is 11.1 Å². The van der Waals surface area contributed by atoms with Gasteiger partial charge in [-0.1, -0.05) is 54.6 Å². The largest absolute Gasteiger partial charge is 0.497 e. The van der Waals surface area contributed by atoms with Gasteiger partial charge in [0.05, 0.1) is 46.8 Å². The Morgan fingerprint density at radius 2 is 1.22 bits per heavy atom. The molecule has 346 valence electrons. The molecule has 3 aliphatic rings. The number of ether oxygens (including phenoxy) is 6. The molecule has 20 heteroatoms. The van der Waals surface area contributed by atoms with Gasteiger partial charge in [0.2, 0.25) is 0 Å². The third-order valence-electron chi connectivity index (χ3n) is 11.9. The molecule has 3 saturated heterocycles. The van der Waals surface area contributed by atoms with Crippen LogP contribution in [0.25, 0.3) is 0 Å². The van der Waals surface area contributed by atoms with E-state index in [0.717, 1.165) is 16.7 Å².